The smallest absolute Gasteiger partial charge is 0.0746 e. The van der Waals surface area contributed by atoms with Crippen LogP contribution in [0, 0.1) is 9.81 Å². The van der Waals surface area contributed by atoms with Crippen molar-refractivity contribution in [2.45, 2.75) is 11.8 Å². The van der Waals surface area contributed by atoms with Crippen LogP contribution in [-0.2, 0) is 0 Å². The first-order valence-corrected chi connectivity index (χ1v) is 8.70. The van der Waals surface area contributed by atoms with E-state index in [2.05, 4.69) is 78.9 Å². The molecular weight excluding hydrogens is 471 g/mol. The molecule has 0 radical (unpaired) electrons. The maximum Gasteiger partial charge on any atom is 0.0746 e. The Morgan fingerprint density at radius 2 is 2.13 bits per heavy atom. The highest BCUT2D eigenvalue weighted by molar-refractivity contribution is 14.1. The van der Waals surface area contributed by atoms with E-state index in [9.17, 15) is 0 Å². The molecule has 0 nitrogen and oxygen atoms in total. The van der Waals surface area contributed by atoms with Crippen molar-refractivity contribution in [2.75, 3.05) is 0 Å². The van der Waals surface area contributed by atoms with Crippen LogP contribution in [0.25, 0.3) is 0 Å². The van der Waals surface area contributed by atoms with Gasteiger partial charge in [-0.25, -0.2) is 0 Å². The quantitative estimate of drug-likeness (QED) is 0.369. The average molecular weight is 478 g/mol. The molecule has 0 fully saturated rings. The van der Waals surface area contributed by atoms with Crippen molar-refractivity contribution >= 4 is 77.1 Å². The van der Waals surface area contributed by atoms with Crippen LogP contribution >= 0.6 is 77.1 Å². The zero-order chi connectivity index (χ0) is 11.0. The lowest BCUT2D eigenvalue weighted by Crippen LogP contribution is -1.85. The summed E-state index contributed by atoms with van der Waals surface area (Å²) < 4.78 is 2.56. The summed E-state index contributed by atoms with van der Waals surface area (Å²) in [5, 5.41) is 2.21. The first-order chi connectivity index (χ1) is 7.08. The van der Waals surface area contributed by atoms with Crippen LogP contribution in [0.5, 0.6) is 0 Å². The van der Waals surface area contributed by atoms with Gasteiger partial charge in [-0.05, 0) is 74.1 Å². The van der Waals surface area contributed by atoms with Gasteiger partial charge in [-0.3, -0.25) is 0 Å². The molecule has 80 valence electrons. The lowest BCUT2D eigenvalue weighted by Gasteiger charge is -2.03. The number of rotatable bonds is 2. The fourth-order valence-electron chi connectivity index (χ4n) is 1.23. The molecule has 2 aromatic heterocycles. The fraction of sp³-hybridized carbons (Fsp3) is 0.200. The van der Waals surface area contributed by atoms with E-state index in [-0.39, 0.29) is 0 Å². The molecule has 0 N–H and O–H groups in total. The van der Waals surface area contributed by atoms with Gasteiger partial charge in [-0.2, -0.15) is 0 Å². The Morgan fingerprint density at radius 1 is 1.40 bits per heavy atom. The number of halogens is 3. The fourth-order valence-corrected chi connectivity index (χ4v) is 5.06. The van der Waals surface area contributed by atoms with Gasteiger partial charge in [-0.15, -0.1) is 22.7 Å². The van der Waals surface area contributed by atoms with Gasteiger partial charge in [0.2, 0.25) is 0 Å². The van der Waals surface area contributed by atoms with Gasteiger partial charge in [0, 0.05) is 4.88 Å². The van der Waals surface area contributed by atoms with E-state index in [1.54, 1.807) is 22.7 Å². The minimum absolute atomic E-state index is 0.326. The molecule has 2 heterocycles. The second kappa shape index (κ2) is 5.16. The van der Waals surface area contributed by atoms with E-state index in [4.69, 9.17) is 0 Å². The molecule has 0 amide bonds. The standard InChI is InChI=1S/C10H7Br2IS2/c1-5-2-7(15-10(5)12)9(11)6-3-8(13)14-4-6/h2-4,9H,1H3. The van der Waals surface area contributed by atoms with Gasteiger partial charge in [0.25, 0.3) is 0 Å². The summed E-state index contributed by atoms with van der Waals surface area (Å²) >= 11 is 13.3. The molecule has 0 saturated carbocycles. The van der Waals surface area contributed by atoms with E-state index in [1.807, 2.05) is 0 Å². The number of aryl methyl sites for hydroxylation is 1. The van der Waals surface area contributed by atoms with Crippen LogP contribution in [0.15, 0.2) is 21.3 Å². The third-order valence-electron chi connectivity index (χ3n) is 2.01. The van der Waals surface area contributed by atoms with E-state index < -0.39 is 0 Å². The van der Waals surface area contributed by atoms with Crippen molar-refractivity contribution < 1.29 is 0 Å². The summed E-state index contributed by atoms with van der Waals surface area (Å²) in [4.78, 5) is 1.68. The number of thiophene rings is 2. The van der Waals surface area contributed by atoms with Crippen molar-refractivity contribution in [3.05, 3.63) is 40.2 Å². The highest BCUT2D eigenvalue weighted by Crippen LogP contribution is 2.40. The molecular formula is C10H7Br2IS2. The van der Waals surface area contributed by atoms with Crippen LogP contribution in [0.3, 0.4) is 0 Å². The Kier molecular flexibility index (Phi) is 4.32. The minimum Gasteiger partial charge on any atom is -0.137 e. The van der Waals surface area contributed by atoms with Crippen LogP contribution < -0.4 is 0 Å². The zero-order valence-electron chi connectivity index (χ0n) is 7.76. The third-order valence-corrected chi connectivity index (χ3v) is 7.34. The Morgan fingerprint density at radius 3 is 2.60 bits per heavy atom. The lowest BCUT2D eigenvalue weighted by molar-refractivity contribution is 1.24. The van der Waals surface area contributed by atoms with Crippen LogP contribution in [0.4, 0.5) is 0 Å². The molecule has 15 heavy (non-hydrogen) atoms. The Bertz CT molecular complexity index is 456. The van der Waals surface area contributed by atoms with E-state index in [1.165, 1.54) is 22.7 Å². The maximum atomic E-state index is 3.75. The summed E-state index contributed by atoms with van der Waals surface area (Å²) in [6.45, 7) is 2.13. The second-order valence-electron chi connectivity index (χ2n) is 3.15. The SMILES string of the molecule is Cc1cc(C(Br)c2csc(I)c2)sc1Br. The largest absolute Gasteiger partial charge is 0.137 e. The lowest BCUT2D eigenvalue weighted by atomic mass is 10.2. The predicted octanol–water partition coefficient (Wildman–Crippen LogP) is 5.97. The van der Waals surface area contributed by atoms with Crippen molar-refractivity contribution in [1.29, 1.82) is 0 Å². The van der Waals surface area contributed by atoms with Crippen LogP contribution in [0.2, 0.25) is 0 Å². The van der Waals surface area contributed by atoms with Gasteiger partial charge in [0.15, 0.2) is 0 Å². The van der Waals surface area contributed by atoms with Crippen molar-refractivity contribution in [2.24, 2.45) is 0 Å². The van der Waals surface area contributed by atoms with Crippen molar-refractivity contribution in [3.8, 4) is 0 Å². The average Bonchev–Trinajstić information content (AvgIpc) is 2.74. The van der Waals surface area contributed by atoms with Crippen LogP contribution in [-0.4, -0.2) is 0 Å². The van der Waals surface area contributed by atoms with Gasteiger partial charge in [-0.1, -0.05) is 15.9 Å². The van der Waals surface area contributed by atoms with Crippen molar-refractivity contribution in [3.63, 3.8) is 0 Å². The zero-order valence-corrected chi connectivity index (χ0v) is 14.7. The molecule has 1 unspecified atom stereocenters. The summed E-state index contributed by atoms with van der Waals surface area (Å²) in [6.07, 6.45) is 0. The molecule has 2 rings (SSSR count). The minimum atomic E-state index is 0.326. The highest BCUT2D eigenvalue weighted by atomic mass is 127. The van der Waals surface area contributed by atoms with Gasteiger partial charge < -0.3 is 0 Å². The topological polar surface area (TPSA) is 0 Å². The molecule has 1 atom stereocenters. The molecule has 0 aliphatic rings. The summed E-state index contributed by atoms with van der Waals surface area (Å²) in [5.41, 5.74) is 2.66. The van der Waals surface area contributed by atoms with Gasteiger partial charge >= 0.3 is 0 Å². The van der Waals surface area contributed by atoms with Crippen molar-refractivity contribution in [1.82, 2.24) is 0 Å². The van der Waals surface area contributed by atoms with Gasteiger partial charge in [0.1, 0.15) is 0 Å². The normalized spacial score (nSPS) is 13.1. The monoisotopic (exact) mass is 476 g/mol. The molecule has 0 saturated heterocycles. The molecule has 0 aliphatic heterocycles. The number of hydrogen-bond acceptors (Lipinski definition) is 2. The Labute approximate surface area is 127 Å². The van der Waals surface area contributed by atoms with E-state index >= 15 is 0 Å². The number of hydrogen-bond donors (Lipinski definition) is 0. The summed E-state index contributed by atoms with van der Waals surface area (Å²) in [5.74, 6) is 0. The van der Waals surface area contributed by atoms with Crippen LogP contribution in [0.1, 0.15) is 20.8 Å². The summed E-state index contributed by atoms with van der Waals surface area (Å²) in [6, 6.07) is 4.46. The Balaban J connectivity index is 2.31. The molecule has 0 bridgehead atoms. The van der Waals surface area contributed by atoms with E-state index in [0.717, 1.165) is 0 Å². The Hall–Kier alpha value is 1.09. The maximum absolute atomic E-state index is 3.75. The summed E-state index contributed by atoms with van der Waals surface area (Å²) in [7, 11) is 0. The second-order valence-corrected chi connectivity index (χ2v) is 9.27. The van der Waals surface area contributed by atoms with Gasteiger partial charge in [0.05, 0.1) is 11.5 Å². The molecule has 0 aliphatic carbocycles. The molecule has 0 aromatic carbocycles. The highest BCUT2D eigenvalue weighted by Gasteiger charge is 2.15. The first-order valence-electron chi connectivity index (χ1n) is 4.21. The molecule has 2 aromatic rings. The number of alkyl halides is 1. The predicted molar refractivity (Wildman–Crippen MR) is 84.6 cm³/mol. The molecule has 0 spiro atoms. The van der Waals surface area contributed by atoms with E-state index in [0.29, 0.717) is 4.83 Å². The first kappa shape index (κ1) is 12.5. The third kappa shape index (κ3) is 2.86. The molecule has 5 heteroatoms.